The van der Waals surface area contributed by atoms with Crippen LogP contribution in [0.15, 0.2) is 30.3 Å². The zero-order valence-corrected chi connectivity index (χ0v) is 9.50. The Morgan fingerprint density at radius 3 is 2.59 bits per heavy atom. The van der Waals surface area contributed by atoms with Crippen molar-refractivity contribution in [2.24, 2.45) is 5.92 Å². The molecule has 1 saturated heterocycles. The van der Waals surface area contributed by atoms with Crippen LogP contribution in [0.4, 0.5) is 0 Å². The van der Waals surface area contributed by atoms with Crippen molar-refractivity contribution in [2.75, 3.05) is 0 Å². The highest BCUT2D eigenvalue weighted by molar-refractivity contribution is 5.77. The summed E-state index contributed by atoms with van der Waals surface area (Å²) in [7, 11) is 0. The quantitative estimate of drug-likeness (QED) is 0.623. The van der Waals surface area contributed by atoms with Gasteiger partial charge in [0.1, 0.15) is 6.04 Å². The summed E-state index contributed by atoms with van der Waals surface area (Å²) in [5, 5.41) is 13.8. The van der Waals surface area contributed by atoms with Gasteiger partial charge >= 0.3 is 0 Å². The molecule has 3 atom stereocenters. The van der Waals surface area contributed by atoms with Crippen molar-refractivity contribution in [2.45, 2.75) is 25.4 Å². The molecule has 0 bridgehead atoms. The Balaban J connectivity index is 2.34. The first-order valence-electron chi connectivity index (χ1n) is 5.57. The molecule has 5 heteroatoms. The topological polar surface area (TPSA) is 72.2 Å². The molecule has 2 rings (SSSR count). The summed E-state index contributed by atoms with van der Waals surface area (Å²) in [6.45, 7) is 1.75. The first-order chi connectivity index (χ1) is 8.09. The number of nitro groups is 1. The third-order valence-electron chi connectivity index (χ3n) is 3.15. The maximum atomic E-state index is 11.5. The minimum Gasteiger partial charge on any atom is -0.343 e. The Kier molecular flexibility index (Phi) is 3.08. The van der Waals surface area contributed by atoms with Gasteiger partial charge in [0, 0.05) is 17.3 Å². The predicted molar refractivity (Wildman–Crippen MR) is 61.9 cm³/mol. The zero-order chi connectivity index (χ0) is 12.4. The van der Waals surface area contributed by atoms with Gasteiger partial charge in [0.15, 0.2) is 0 Å². The lowest BCUT2D eigenvalue weighted by Crippen LogP contribution is -2.49. The van der Waals surface area contributed by atoms with Gasteiger partial charge in [-0.3, -0.25) is 14.9 Å². The molecule has 1 aromatic carbocycles. The fourth-order valence-corrected chi connectivity index (χ4v) is 2.33. The highest BCUT2D eigenvalue weighted by Crippen LogP contribution is 2.29. The van der Waals surface area contributed by atoms with Crippen LogP contribution in [-0.2, 0) is 4.79 Å². The van der Waals surface area contributed by atoms with Gasteiger partial charge in [-0.2, -0.15) is 0 Å². The maximum Gasteiger partial charge on any atom is 0.240 e. The van der Waals surface area contributed by atoms with Gasteiger partial charge < -0.3 is 5.32 Å². The lowest BCUT2D eigenvalue weighted by atomic mass is 9.85. The Hall–Kier alpha value is -1.91. The summed E-state index contributed by atoms with van der Waals surface area (Å²) in [6, 6.07) is 7.81. The molecular formula is C12H14N2O3. The number of carbonyl (C=O) groups is 1. The Labute approximate surface area is 99.0 Å². The smallest absolute Gasteiger partial charge is 0.240 e. The Morgan fingerprint density at radius 1 is 1.35 bits per heavy atom. The van der Waals surface area contributed by atoms with E-state index in [4.69, 9.17) is 0 Å². The van der Waals surface area contributed by atoms with Gasteiger partial charge in [0.05, 0.1) is 0 Å². The molecular weight excluding hydrogens is 220 g/mol. The van der Waals surface area contributed by atoms with Crippen LogP contribution >= 0.6 is 0 Å². The van der Waals surface area contributed by atoms with Gasteiger partial charge in [-0.05, 0) is 5.56 Å². The number of benzene rings is 1. The van der Waals surface area contributed by atoms with Crippen molar-refractivity contribution >= 4 is 5.91 Å². The molecule has 0 unspecified atom stereocenters. The molecule has 1 aliphatic rings. The second-order valence-electron chi connectivity index (χ2n) is 4.41. The van der Waals surface area contributed by atoms with Gasteiger partial charge in [0.2, 0.25) is 11.9 Å². The van der Waals surface area contributed by atoms with Crippen LogP contribution in [0.5, 0.6) is 0 Å². The number of piperidine rings is 1. The number of hydrogen-bond donors (Lipinski definition) is 1. The average Bonchev–Trinajstić information content (AvgIpc) is 2.28. The molecule has 1 N–H and O–H groups in total. The van der Waals surface area contributed by atoms with Crippen LogP contribution in [0.25, 0.3) is 0 Å². The zero-order valence-electron chi connectivity index (χ0n) is 9.50. The molecule has 1 amide bonds. The largest absolute Gasteiger partial charge is 0.343 e. The second-order valence-corrected chi connectivity index (χ2v) is 4.41. The number of nitrogens with zero attached hydrogens (tertiary/aromatic N) is 1. The molecule has 1 fully saturated rings. The van der Waals surface area contributed by atoms with Crippen molar-refractivity contribution in [3.8, 4) is 0 Å². The summed E-state index contributed by atoms with van der Waals surface area (Å²) in [4.78, 5) is 22.3. The van der Waals surface area contributed by atoms with Crippen LogP contribution in [0.3, 0.4) is 0 Å². The van der Waals surface area contributed by atoms with Crippen molar-refractivity contribution in [3.05, 3.63) is 46.0 Å². The van der Waals surface area contributed by atoms with Crippen LogP contribution in [0, 0.1) is 16.0 Å². The molecule has 5 nitrogen and oxygen atoms in total. The molecule has 0 saturated carbocycles. The van der Waals surface area contributed by atoms with E-state index < -0.39 is 12.1 Å². The minimum absolute atomic E-state index is 0.121. The van der Waals surface area contributed by atoms with Crippen molar-refractivity contribution < 1.29 is 9.72 Å². The monoisotopic (exact) mass is 234 g/mol. The van der Waals surface area contributed by atoms with Gasteiger partial charge in [-0.1, -0.05) is 37.3 Å². The normalized spacial score (nSPS) is 28.5. The fourth-order valence-electron chi connectivity index (χ4n) is 2.33. The third-order valence-corrected chi connectivity index (χ3v) is 3.15. The molecule has 0 aromatic heterocycles. The van der Waals surface area contributed by atoms with Crippen LogP contribution in [0.1, 0.15) is 24.9 Å². The lowest BCUT2D eigenvalue weighted by molar-refractivity contribution is -0.538. The minimum atomic E-state index is -0.755. The number of amides is 1. The van der Waals surface area contributed by atoms with E-state index in [1.807, 2.05) is 18.2 Å². The van der Waals surface area contributed by atoms with E-state index in [2.05, 4.69) is 5.32 Å². The fraction of sp³-hybridized carbons (Fsp3) is 0.417. The highest BCUT2D eigenvalue weighted by Gasteiger charge is 2.43. The Bertz CT molecular complexity index is 433. The van der Waals surface area contributed by atoms with Crippen molar-refractivity contribution in [1.82, 2.24) is 5.32 Å². The SMILES string of the molecule is C[C@H]1CC(=O)N[C@H](c2ccccc2)[C@@H]1[N+](=O)[O-]. The summed E-state index contributed by atoms with van der Waals surface area (Å²) < 4.78 is 0. The predicted octanol–water partition coefficient (Wildman–Crippen LogP) is 1.53. The lowest BCUT2D eigenvalue weighted by Gasteiger charge is -2.31. The third kappa shape index (κ3) is 2.27. The van der Waals surface area contributed by atoms with E-state index in [1.54, 1.807) is 19.1 Å². The second kappa shape index (κ2) is 4.53. The van der Waals surface area contributed by atoms with E-state index >= 15 is 0 Å². The summed E-state index contributed by atoms with van der Waals surface area (Å²) in [5.41, 5.74) is 0.786. The van der Waals surface area contributed by atoms with Crippen LogP contribution in [-0.4, -0.2) is 16.9 Å². The van der Waals surface area contributed by atoms with Gasteiger partial charge in [-0.15, -0.1) is 0 Å². The van der Waals surface area contributed by atoms with Crippen LogP contribution < -0.4 is 5.32 Å². The first-order valence-corrected chi connectivity index (χ1v) is 5.57. The molecule has 0 aliphatic carbocycles. The van der Waals surface area contributed by atoms with Crippen LogP contribution in [0.2, 0.25) is 0 Å². The summed E-state index contributed by atoms with van der Waals surface area (Å²) >= 11 is 0. The maximum absolute atomic E-state index is 11.5. The molecule has 0 spiro atoms. The van der Waals surface area contributed by atoms with E-state index in [0.29, 0.717) is 0 Å². The first kappa shape index (κ1) is 11.6. The molecule has 90 valence electrons. The Morgan fingerprint density at radius 2 is 2.00 bits per heavy atom. The van der Waals surface area contributed by atoms with E-state index in [-0.39, 0.29) is 23.2 Å². The van der Waals surface area contributed by atoms with E-state index in [0.717, 1.165) is 5.56 Å². The standard InChI is InChI=1S/C12H14N2O3/c1-8-7-10(15)13-11(12(8)14(16)17)9-5-3-2-4-6-9/h2-6,8,11-12H,7H2,1H3,(H,13,15)/t8-,11+,12+/m0/s1. The molecule has 1 aliphatic heterocycles. The molecule has 1 heterocycles. The van der Waals surface area contributed by atoms with Gasteiger partial charge in [0.25, 0.3) is 0 Å². The van der Waals surface area contributed by atoms with E-state index in [9.17, 15) is 14.9 Å². The highest BCUT2D eigenvalue weighted by atomic mass is 16.6. The summed E-state index contributed by atoms with van der Waals surface area (Å²) in [5.74, 6) is -0.367. The number of hydrogen-bond acceptors (Lipinski definition) is 3. The number of carbonyl (C=O) groups excluding carboxylic acids is 1. The summed E-state index contributed by atoms with van der Waals surface area (Å²) in [6.07, 6.45) is 0.217. The van der Waals surface area contributed by atoms with Gasteiger partial charge in [-0.25, -0.2) is 0 Å². The average molecular weight is 234 g/mol. The van der Waals surface area contributed by atoms with E-state index in [1.165, 1.54) is 0 Å². The van der Waals surface area contributed by atoms with Crippen molar-refractivity contribution in [3.63, 3.8) is 0 Å². The van der Waals surface area contributed by atoms with Crippen molar-refractivity contribution in [1.29, 1.82) is 0 Å². The number of nitrogens with one attached hydrogen (secondary N) is 1. The number of rotatable bonds is 2. The molecule has 0 radical (unpaired) electrons. The molecule has 1 aromatic rings. The molecule has 17 heavy (non-hydrogen) atoms.